The summed E-state index contributed by atoms with van der Waals surface area (Å²) in [6.45, 7) is 2.29. The van der Waals surface area contributed by atoms with Crippen molar-refractivity contribution in [1.82, 2.24) is 4.90 Å². The van der Waals surface area contributed by atoms with E-state index < -0.39 is 0 Å². The average Bonchev–Trinajstić information content (AvgIpc) is 3.05. The molecule has 29 heavy (non-hydrogen) atoms. The maximum atomic E-state index is 10.5. The molecule has 5 atom stereocenters. The lowest BCUT2D eigenvalue weighted by Gasteiger charge is -2.56. The number of piperidine rings is 1. The van der Waals surface area contributed by atoms with Crippen molar-refractivity contribution in [3.63, 3.8) is 0 Å². The summed E-state index contributed by atoms with van der Waals surface area (Å²) in [5, 5.41) is 10.5. The number of aliphatic imine (C=N–C) groups is 1. The van der Waals surface area contributed by atoms with Gasteiger partial charge in [0.05, 0.1) is 0 Å². The van der Waals surface area contributed by atoms with Crippen LogP contribution in [0, 0.1) is 5.92 Å². The number of benzene rings is 1. The number of ether oxygens (including phenoxy) is 2. The van der Waals surface area contributed by atoms with Crippen LogP contribution < -0.4 is 16.2 Å². The number of likely N-dealkylation sites (tertiary alicyclic amines) is 1. The summed E-state index contributed by atoms with van der Waals surface area (Å²) in [6.07, 6.45) is 8.13. The van der Waals surface area contributed by atoms with Gasteiger partial charge in [0.1, 0.15) is 12.2 Å². The first-order chi connectivity index (χ1) is 14.0. The molecule has 0 unspecified atom stereocenters. The van der Waals surface area contributed by atoms with Crippen molar-refractivity contribution in [1.29, 1.82) is 0 Å². The van der Waals surface area contributed by atoms with Crippen LogP contribution in [0.2, 0.25) is 0 Å². The van der Waals surface area contributed by atoms with E-state index in [1.165, 1.54) is 11.1 Å². The van der Waals surface area contributed by atoms with Crippen molar-refractivity contribution < 1.29 is 14.6 Å². The van der Waals surface area contributed by atoms with E-state index in [1.807, 2.05) is 0 Å². The highest BCUT2D eigenvalue weighted by Gasteiger charge is 2.64. The number of unbranched alkanes of at least 4 members (excludes halogenated alkanes) is 1. The lowest BCUT2D eigenvalue weighted by Crippen LogP contribution is -2.65. The molecular weight excluding hydrogens is 368 g/mol. The van der Waals surface area contributed by atoms with E-state index in [0.29, 0.717) is 30.9 Å². The van der Waals surface area contributed by atoms with Crippen LogP contribution in [0.1, 0.15) is 30.4 Å². The van der Waals surface area contributed by atoms with Crippen LogP contribution >= 0.6 is 0 Å². The van der Waals surface area contributed by atoms with Crippen molar-refractivity contribution in [3.8, 4) is 11.5 Å². The Hall–Kier alpha value is -2.25. The third-order valence-corrected chi connectivity index (χ3v) is 7.29. The van der Waals surface area contributed by atoms with E-state index in [1.54, 1.807) is 6.07 Å². The number of likely N-dealkylation sites (N-methyl/N-ethyl adjacent to an activating group) is 1. The molecule has 2 bridgehead atoms. The second-order valence-electron chi connectivity index (χ2n) is 8.79. The molecule has 7 heteroatoms. The largest absolute Gasteiger partial charge is 0.504 e. The number of aromatic hydroxyl groups is 1. The zero-order valence-corrected chi connectivity index (χ0v) is 16.9. The number of hydrogen-bond donors (Lipinski definition) is 3. The molecule has 156 valence electrons. The summed E-state index contributed by atoms with van der Waals surface area (Å²) < 4.78 is 12.7. The Bertz CT molecular complexity index is 866. The molecule has 1 fully saturated rings. The third-order valence-electron chi connectivity index (χ3n) is 7.29. The van der Waals surface area contributed by atoms with Gasteiger partial charge in [-0.3, -0.25) is 4.99 Å². The molecule has 7 nitrogen and oxygen atoms in total. The number of rotatable bonds is 6. The lowest BCUT2D eigenvalue weighted by atomic mass is 9.53. The van der Waals surface area contributed by atoms with Crippen molar-refractivity contribution >= 4 is 5.96 Å². The maximum absolute atomic E-state index is 10.5. The molecule has 1 spiro atoms. The van der Waals surface area contributed by atoms with E-state index in [0.717, 1.165) is 32.2 Å². The number of phenols is 1. The summed E-state index contributed by atoms with van der Waals surface area (Å²) in [5.41, 5.74) is 13.2. The zero-order valence-electron chi connectivity index (χ0n) is 16.9. The van der Waals surface area contributed by atoms with Gasteiger partial charge in [-0.15, -0.1) is 0 Å². The third kappa shape index (κ3) is 2.74. The Morgan fingerprint density at radius 3 is 3.03 bits per heavy atom. The van der Waals surface area contributed by atoms with Crippen LogP contribution in [0.4, 0.5) is 0 Å². The number of nitrogens with zero attached hydrogens (tertiary/aromatic N) is 2. The van der Waals surface area contributed by atoms with E-state index in [4.69, 9.17) is 20.9 Å². The highest BCUT2D eigenvalue weighted by molar-refractivity contribution is 5.75. The Balaban J connectivity index is 1.40. The molecule has 0 amide bonds. The van der Waals surface area contributed by atoms with E-state index in [9.17, 15) is 5.11 Å². The lowest BCUT2D eigenvalue weighted by molar-refractivity contribution is -0.0711. The summed E-state index contributed by atoms with van der Waals surface area (Å²) >= 11 is 0. The second-order valence-corrected chi connectivity index (χ2v) is 8.79. The van der Waals surface area contributed by atoms with Crippen LogP contribution in [0.15, 0.2) is 29.3 Å². The van der Waals surface area contributed by atoms with Gasteiger partial charge in [0.25, 0.3) is 0 Å². The fourth-order valence-electron chi connectivity index (χ4n) is 6.00. The van der Waals surface area contributed by atoms with Gasteiger partial charge in [0.15, 0.2) is 17.5 Å². The Labute approximate surface area is 171 Å². The van der Waals surface area contributed by atoms with Crippen molar-refractivity contribution in [2.75, 3.05) is 26.7 Å². The minimum atomic E-state index is -0.115. The Kier molecular flexibility index (Phi) is 4.47. The molecule has 1 aromatic rings. The quantitative estimate of drug-likeness (QED) is 0.288. The van der Waals surface area contributed by atoms with Gasteiger partial charge < -0.3 is 30.9 Å². The van der Waals surface area contributed by atoms with E-state index in [-0.39, 0.29) is 29.3 Å². The molecule has 5 rings (SSSR count). The van der Waals surface area contributed by atoms with Gasteiger partial charge in [-0.25, -0.2) is 0 Å². The van der Waals surface area contributed by atoms with Gasteiger partial charge in [0, 0.05) is 36.1 Å². The minimum Gasteiger partial charge on any atom is -0.504 e. The Morgan fingerprint density at radius 2 is 2.21 bits per heavy atom. The normalized spacial score (nSPS) is 33.8. The van der Waals surface area contributed by atoms with Gasteiger partial charge in [-0.2, -0.15) is 0 Å². The zero-order chi connectivity index (χ0) is 20.2. The molecule has 5 N–H and O–H groups in total. The van der Waals surface area contributed by atoms with E-state index >= 15 is 0 Å². The van der Waals surface area contributed by atoms with Crippen molar-refractivity contribution in [3.05, 3.63) is 35.4 Å². The fraction of sp³-hybridized carbons (Fsp3) is 0.591. The maximum Gasteiger partial charge on any atom is 0.185 e. The number of guanidine groups is 1. The summed E-state index contributed by atoms with van der Waals surface area (Å²) in [6, 6.07) is 4.34. The molecule has 2 aliphatic carbocycles. The smallest absolute Gasteiger partial charge is 0.185 e. The number of hydrogen-bond acceptors (Lipinski definition) is 5. The number of nitrogens with two attached hydrogens (primary N) is 2. The van der Waals surface area contributed by atoms with E-state index in [2.05, 4.69) is 35.2 Å². The predicted octanol–water partition coefficient (Wildman–Crippen LogP) is 1.28. The minimum absolute atomic E-state index is 0.0891. The fourth-order valence-corrected chi connectivity index (χ4v) is 6.00. The van der Waals surface area contributed by atoms with Crippen LogP contribution in [0.3, 0.4) is 0 Å². The molecule has 2 aliphatic heterocycles. The first-order valence-electron chi connectivity index (χ1n) is 10.6. The van der Waals surface area contributed by atoms with Crippen LogP contribution in [0.5, 0.6) is 11.5 Å². The summed E-state index contributed by atoms with van der Waals surface area (Å²) in [4.78, 5) is 6.50. The average molecular weight is 399 g/mol. The monoisotopic (exact) mass is 398 g/mol. The Morgan fingerprint density at radius 1 is 1.34 bits per heavy atom. The molecule has 1 saturated heterocycles. The molecule has 0 saturated carbocycles. The van der Waals surface area contributed by atoms with Gasteiger partial charge >= 0.3 is 0 Å². The topological polar surface area (TPSA) is 106 Å². The first kappa shape index (κ1) is 18.8. The molecule has 0 radical (unpaired) electrons. The van der Waals surface area contributed by atoms with Gasteiger partial charge in [-0.05, 0) is 50.9 Å². The highest BCUT2D eigenvalue weighted by Crippen LogP contribution is 2.62. The number of phenolic OH excluding ortho intramolecular Hbond substituents is 1. The molecule has 0 aromatic heterocycles. The van der Waals surface area contributed by atoms with Crippen LogP contribution in [-0.4, -0.2) is 61.0 Å². The van der Waals surface area contributed by atoms with Crippen molar-refractivity contribution in [2.24, 2.45) is 22.4 Å². The van der Waals surface area contributed by atoms with Crippen LogP contribution in [-0.2, 0) is 16.6 Å². The second kappa shape index (κ2) is 6.92. The van der Waals surface area contributed by atoms with Gasteiger partial charge in [-0.1, -0.05) is 18.2 Å². The van der Waals surface area contributed by atoms with Crippen molar-refractivity contribution in [2.45, 2.75) is 49.3 Å². The van der Waals surface area contributed by atoms with Gasteiger partial charge in [0.2, 0.25) is 0 Å². The van der Waals surface area contributed by atoms with Crippen LogP contribution in [0.25, 0.3) is 0 Å². The SMILES string of the molecule is CN1CC[C@]23c4c5ccc(O)c4O[C@H]2[C@@H](OCCCCN=C(N)N)C=C[C@H]3[C@H]1C5. The first-order valence-corrected chi connectivity index (χ1v) is 10.6. The molecule has 4 aliphatic rings. The molecule has 2 heterocycles. The highest BCUT2D eigenvalue weighted by atomic mass is 16.5. The standard InChI is InChI=1S/C22H30N4O3/c1-26-10-8-22-14-5-7-17(28-11-3-2-9-25-21(23)24)20(22)29-19-16(27)6-4-13(18(19)22)12-15(14)26/h4-7,14-15,17,20,27H,2-3,8-12H2,1H3,(H4,23,24,25)/t14-,15+,17-,20-,22-/m0/s1. The predicted molar refractivity (Wildman–Crippen MR) is 111 cm³/mol. The molecule has 1 aromatic carbocycles. The summed E-state index contributed by atoms with van der Waals surface area (Å²) in [7, 11) is 2.22. The molecular formula is C22H30N4O3. The summed E-state index contributed by atoms with van der Waals surface area (Å²) in [5.74, 6) is 1.46.